The van der Waals surface area contributed by atoms with Crippen molar-refractivity contribution in [1.29, 1.82) is 0 Å². The molecule has 0 spiro atoms. The number of nitrogens with zero attached hydrogens (tertiary/aromatic N) is 2. The van der Waals surface area contributed by atoms with Gasteiger partial charge in [0, 0.05) is 25.1 Å². The lowest BCUT2D eigenvalue weighted by Gasteiger charge is -2.17. The van der Waals surface area contributed by atoms with Crippen molar-refractivity contribution < 1.29 is 4.79 Å². The second kappa shape index (κ2) is 8.45. The van der Waals surface area contributed by atoms with Gasteiger partial charge < -0.3 is 9.88 Å². The molecule has 1 N–H and O–H groups in total. The molecule has 1 atom stereocenters. The third-order valence-electron chi connectivity index (χ3n) is 4.68. The summed E-state index contributed by atoms with van der Waals surface area (Å²) in [5.74, 6) is -0.337. The highest BCUT2D eigenvalue weighted by molar-refractivity contribution is 5.95. The number of carbonyl (C=O) groups is 1. The van der Waals surface area contributed by atoms with Crippen molar-refractivity contribution in [1.82, 2.24) is 14.9 Å². The van der Waals surface area contributed by atoms with Gasteiger partial charge in [-0.25, -0.2) is 0 Å². The van der Waals surface area contributed by atoms with Crippen LogP contribution in [0.25, 0.3) is 0 Å². The first-order valence-corrected chi connectivity index (χ1v) is 9.01. The van der Waals surface area contributed by atoms with Gasteiger partial charge >= 0.3 is 0 Å². The van der Waals surface area contributed by atoms with Gasteiger partial charge in [-0.15, -0.1) is 0 Å². The summed E-state index contributed by atoms with van der Waals surface area (Å²) in [5, 5.41) is 2.85. The summed E-state index contributed by atoms with van der Waals surface area (Å²) >= 11 is 0. The third-order valence-corrected chi connectivity index (χ3v) is 4.68. The van der Waals surface area contributed by atoms with E-state index < -0.39 is 0 Å². The Bertz CT molecular complexity index is 966. The van der Waals surface area contributed by atoms with Crippen molar-refractivity contribution in [3.05, 3.63) is 99.7 Å². The summed E-state index contributed by atoms with van der Waals surface area (Å²) in [6, 6.07) is 15.3. The van der Waals surface area contributed by atoms with E-state index in [1.807, 2.05) is 55.5 Å². The number of nitrogens with one attached hydrogen (secondary N) is 1. The van der Waals surface area contributed by atoms with Gasteiger partial charge in [0.15, 0.2) is 0 Å². The van der Waals surface area contributed by atoms with Crippen LogP contribution in [-0.4, -0.2) is 22.0 Å². The number of pyridine rings is 2. The van der Waals surface area contributed by atoms with Crippen LogP contribution < -0.4 is 10.9 Å². The average Bonchev–Trinajstić information content (AvgIpc) is 2.69. The average molecular weight is 361 g/mol. The van der Waals surface area contributed by atoms with Crippen molar-refractivity contribution >= 4 is 5.91 Å². The Morgan fingerprint density at radius 1 is 1.15 bits per heavy atom. The highest BCUT2D eigenvalue weighted by atomic mass is 16.2. The first-order chi connectivity index (χ1) is 13.1. The number of aromatic nitrogens is 2. The topological polar surface area (TPSA) is 64.0 Å². The zero-order valence-electron chi connectivity index (χ0n) is 15.6. The Morgan fingerprint density at radius 2 is 1.93 bits per heavy atom. The molecule has 138 valence electrons. The predicted molar refractivity (Wildman–Crippen MR) is 106 cm³/mol. The van der Waals surface area contributed by atoms with E-state index in [1.165, 1.54) is 0 Å². The van der Waals surface area contributed by atoms with E-state index in [1.54, 1.807) is 30.1 Å². The van der Waals surface area contributed by atoms with E-state index >= 15 is 0 Å². The molecule has 1 unspecified atom stereocenters. The van der Waals surface area contributed by atoms with Crippen LogP contribution in [0.1, 0.15) is 40.0 Å². The molecule has 0 aliphatic carbocycles. The molecule has 3 rings (SSSR count). The van der Waals surface area contributed by atoms with E-state index in [0.29, 0.717) is 18.5 Å². The van der Waals surface area contributed by atoms with E-state index in [-0.39, 0.29) is 23.1 Å². The normalized spacial score (nSPS) is 11.8. The molecule has 2 heterocycles. The molecule has 0 fully saturated rings. The molecule has 0 bridgehead atoms. The maximum Gasteiger partial charge on any atom is 0.264 e. The molecule has 0 saturated carbocycles. The van der Waals surface area contributed by atoms with Gasteiger partial charge in [0.25, 0.3) is 11.5 Å². The number of rotatable bonds is 6. The molecule has 1 aromatic carbocycles. The minimum absolute atomic E-state index is 0.152. The largest absolute Gasteiger partial charge is 0.352 e. The van der Waals surface area contributed by atoms with Gasteiger partial charge in [0.2, 0.25) is 0 Å². The third kappa shape index (κ3) is 4.31. The van der Waals surface area contributed by atoms with Gasteiger partial charge in [0.1, 0.15) is 5.56 Å². The fourth-order valence-corrected chi connectivity index (χ4v) is 3.07. The lowest BCUT2D eigenvalue weighted by molar-refractivity contribution is 0.0951. The maximum atomic E-state index is 13.0. The fourth-order valence-electron chi connectivity index (χ4n) is 3.07. The summed E-state index contributed by atoms with van der Waals surface area (Å²) in [6.45, 7) is 4.19. The number of benzene rings is 1. The van der Waals surface area contributed by atoms with Crippen molar-refractivity contribution in [3.8, 4) is 0 Å². The Morgan fingerprint density at radius 3 is 2.63 bits per heavy atom. The first-order valence-electron chi connectivity index (χ1n) is 9.01. The highest BCUT2D eigenvalue weighted by Gasteiger charge is 2.18. The van der Waals surface area contributed by atoms with E-state index in [0.717, 1.165) is 11.1 Å². The molecule has 2 aromatic heterocycles. The molecule has 5 heteroatoms. The Balaban J connectivity index is 1.78. The molecule has 1 amide bonds. The minimum atomic E-state index is -0.337. The quantitative estimate of drug-likeness (QED) is 0.734. The zero-order chi connectivity index (χ0) is 19.2. The Labute approximate surface area is 158 Å². The lowest BCUT2D eigenvalue weighted by atomic mass is 10.1. The van der Waals surface area contributed by atoms with Crippen molar-refractivity contribution in [2.45, 2.75) is 26.3 Å². The van der Waals surface area contributed by atoms with Crippen LogP contribution in [0, 0.1) is 6.92 Å². The van der Waals surface area contributed by atoms with Gasteiger partial charge in [-0.2, -0.15) is 0 Å². The molecule has 0 saturated heterocycles. The standard InChI is InChI=1S/C22H23N3O2/c1-16-11-14-25(17(2)19-8-4-3-5-9-19)22(27)20(16)21(26)24-13-10-18-7-6-12-23-15-18/h3-9,11-12,14-15,17H,10,13H2,1-2H3,(H,24,26). The van der Waals surface area contributed by atoms with E-state index in [2.05, 4.69) is 10.3 Å². The fraction of sp³-hybridized carbons (Fsp3) is 0.227. The molecular weight excluding hydrogens is 338 g/mol. The van der Waals surface area contributed by atoms with Crippen molar-refractivity contribution in [2.24, 2.45) is 0 Å². The molecule has 27 heavy (non-hydrogen) atoms. The molecule has 5 nitrogen and oxygen atoms in total. The van der Waals surface area contributed by atoms with Crippen LogP contribution in [0.5, 0.6) is 0 Å². The molecule has 3 aromatic rings. The summed E-state index contributed by atoms with van der Waals surface area (Å²) in [6.07, 6.45) is 5.90. The summed E-state index contributed by atoms with van der Waals surface area (Å²) in [7, 11) is 0. The second-order valence-corrected chi connectivity index (χ2v) is 6.54. The zero-order valence-corrected chi connectivity index (χ0v) is 15.6. The van der Waals surface area contributed by atoms with Crippen LogP contribution >= 0.6 is 0 Å². The number of carbonyl (C=O) groups excluding carboxylic acids is 1. The predicted octanol–water partition coefficient (Wildman–Crippen LogP) is 3.13. The molecule has 0 aliphatic heterocycles. The highest BCUT2D eigenvalue weighted by Crippen LogP contribution is 2.16. The maximum absolute atomic E-state index is 13.0. The van der Waals surface area contributed by atoms with E-state index in [9.17, 15) is 9.59 Å². The van der Waals surface area contributed by atoms with Crippen molar-refractivity contribution in [2.75, 3.05) is 6.54 Å². The SMILES string of the molecule is Cc1ccn(C(C)c2ccccc2)c(=O)c1C(=O)NCCc1cccnc1. The van der Waals surface area contributed by atoms with Crippen LogP contribution in [0.3, 0.4) is 0 Å². The molecule has 0 aliphatic rings. The number of aryl methyl sites for hydroxylation is 1. The number of hydrogen-bond acceptors (Lipinski definition) is 3. The summed E-state index contributed by atoms with van der Waals surface area (Å²) in [5.41, 5.74) is 2.66. The Kier molecular flexibility index (Phi) is 5.81. The van der Waals surface area contributed by atoms with Crippen LogP contribution in [0.4, 0.5) is 0 Å². The summed E-state index contributed by atoms with van der Waals surface area (Å²) < 4.78 is 1.61. The monoisotopic (exact) mass is 361 g/mol. The van der Waals surface area contributed by atoms with Crippen molar-refractivity contribution in [3.63, 3.8) is 0 Å². The minimum Gasteiger partial charge on any atom is -0.352 e. The molecular formula is C22H23N3O2. The van der Waals surface area contributed by atoms with Crippen LogP contribution in [0.2, 0.25) is 0 Å². The van der Waals surface area contributed by atoms with Crippen LogP contribution in [0.15, 0.2) is 71.9 Å². The van der Waals surface area contributed by atoms with Gasteiger partial charge in [-0.3, -0.25) is 14.6 Å². The lowest BCUT2D eigenvalue weighted by Crippen LogP contribution is -2.35. The van der Waals surface area contributed by atoms with Gasteiger partial charge in [-0.05, 0) is 49.1 Å². The second-order valence-electron chi connectivity index (χ2n) is 6.54. The number of amides is 1. The van der Waals surface area contributed by atoms with Gasteiger partial charge in [-0.1, -0.05) is 36.4 Å². The molecule has 0 radical (unpaired) electrons. The first kappa shape index (κ1) is 18.6. The Hall–Kier alpha value is -3.21. The summed E-state index contributed by atoms with van der Waals surface area (Å²) in [4.78, 5) is 29.7. The van der Waals surface area contributed by atoms with Crippen LogP contribution in [-0.2, 0) is 6.42 Å². The van der Waals surface area contributed by atoms with Gasteiger partial charge in [0.05, 0.1) is 6.04 Å². The van der Waals surface area contributed by atoms with E-state index in [4.69, 9.17) is 0 Å². The smallest absolute Gasteiger partial charge is 0.264 e. The number of hydrogen-bond donors (Lipinski definition) is 1.